The zero-order valence-corrected chi connectivity index (χ0v) is 12.9. The molecule has 124 valence electrons. The van der Waals surface area contributed by atoms with E-state index in [4.69, 9.17) is 0 Å². The first-order valence-electron chi connectivity index (χ1n) is 6.22. The van der Waals surface area contributed by atoms with Gasteiger partial charge in [0.2, 0.25) is 0 Å². The highest BCUT2D eigenvalue weighted by molar-refractivity contribution is 9.08. The topological polar surface area (TPSA) is 9.23 Å². The summed E-state index contributed by atoms with van der Waals surface area (Å²) in [6, 6.07) is 8.41. The van der Waals surface area contributed by atoms with E-state index in [1.54, 1.807) is 0 Å². The summed E-state index contributed by atoms with van der Waals surface area (Å²) in [5, 5.41) is 0.0132. The third-order valence-electron chi connectivity index (χ3n) is 2.96. The first-order chi connectivity index (χ1) is 10.6. The van der Waals surface area contributed by atoms with Gasteiger partial charge in [0.15, 0.2) is 0 Å². The molecule has 0 aliphatic rings. The van der Waals surface area contributed by atoms with E-state index in [9.17, 15) is 26.3 Å². The van der Waals surface area contributed by atoms with E-state index in [1.165, 1.54) is 24.3 Å². The van der Waals surface area contributed by atoms with E-state index < -0.39 is 23.9 Å². The summed E-state index contributed by atoms with van der Waals surface area (Å²) in [7, 11) is 0. The van der Waals surface area contributed by atoms with Crippen LogP contribution in [0.1, 0.15) is 11.1 Å². The molecule has 0 atom stereocenters. The molecule has 2 aromatic rings. The molecule has 0 spiro atoms. The molecule has 0 amide bonds. The Hall–Kier alpha value is -1.70. The molecule has 8 heteroatoms. The van der Waals surface area contributed by atoms with E-state index in [0.29, 0.717) is 0 Å². The smallest absolute Gasteiger partial charge is 0.406 e. The Morgan fingerprint density at radius 1 is 0.870 bits per heavy atom. The van der Waals surface area contributed by atoms with Crippen molar-refractivity contribution in [3.63, 3.8) is 0 Å². The maximum atomic E-state index is 13.0. The Morgan fingerprint density at radius 3 is 2.09 bits per heavy atom. The number of rotatable bonds is 3. The number of hydrogen-bond acceptors (Lipinski definition) is 1. The maximum absolute atomic E-state index is 13.0. The van der Waals surface area contributed by atoms with Crippen LogP contribution in [0.4, 0.5) is 26.3 Å². The first kappa shape index (κ1) is 17.7. The number of ether oxygens (including phenoxy) is 1. The van der Waals surface area contributed by atoms with Crippen molar-refractivity contribution >= 4 is 15.9 Å². The van der Waals surface area contributed by atoms with Crippen molar-refractivity contribution in [2.75, 3.05) is 0 Å². The van der Waals surface area contributed by atoms with Gasteiger partial charge in [0.05, 0.1) is 5.56 Å². The Kier molecular flexibility index (Phi) is 4.93. The van der Waals surface area contributed by atoms with Gasteiger partial charge < -0.3 is 4.74 Å². The van der Waals surface area contributed by atoms with Gasteiger partial charge in [-0.25, -0.2) is 0 Å². The lowest BCUT2D eigenvalue weighted by Gasteiger charge is -2.14. The Morgan fingerprint density at radius 2 is 1.52 bits per heavy atom. The van der Waals surface area contributed by atoms with E-state index >= 15 is 0 Å². The van der Waals surface area contributed by atoms with Crippen LogP contribution in [0.2, 0.25) is 0 Å². The normalized spacial score (nSPS) is 12.3. The van der Waals surface area contributed by atoms with Crippen LogP contribution in [0.3, 0.4) is 0 Å². The van der Waals surface area contributed by atoms with Crippen molar-refractivity contribution < 1.29 is 31.1 Å². The molecule has 0 radical (unpaired) electrons. The predicted octanol–water partition coefficient (Wildman–Crippen LogP) is 6.17. The highest BCUT2D eigenvalue weighted by Gasteiger charge is 2.33. The average molecular weight is 399 g/mol. The van der Waals surface area contributed by atoms with Crippen molar-refractivity contribution in [3.8, 4) is 16.9 Å². The van der Waals surface area contributed by atoms with Crippen LogP contribution < -0.4 is 4.74 Å². The minimum Gasteiger partial charge on any atom is -0.406 e. The van der Waals surface area contributed by atoms with Crippen LogP contribution in [-0.2, 0) is 11.5 Å². The molecule has 2 aromatic carbocycles. The molecule has 0 fully saturated rings. The van der Waals surface area contributed by atoms with Gasteiger partial charge in [-0.05, 0) is 34.9 Å². The third-order valence-corrected chi connectivity index (χ3v) is 3.56. The zero-order chi connectivity index (χ0) is 17.3. The van der Waals surface area contributed by atoms with Crippen LogP contribution in [0.25, 0.3) is 11.1 Å². The molecule has 0 heterocycles. The lowest BCUT2D eigenvalue weighted by atomic mass is 9.99. The average Bonchev–Trinajstić information content (AvgIpc) is 2.44. The van der Waals surface area contributed by atoms with E-state index in [-0.39, 0.29) is 22.0 Å². The summed E-state index contributed by atoms with van der Waals surface area (Å²) >= 11 is 2.98. The predicted molar refractivity (Wildman–Crippen MR) is 76.2 cm³/mol. The fourth-order valence-electron chi connectivity index (χ4n) is 2.01. The minimum absolute atomic E-state index is 0.0132. The van der Waals surface area contributed by atoms with Gasteiger partial charge in [-0.1, -0.05) is 40.2 Å². The molecule has 0 saturated heterocycles. The van der Waals surface area contributed by atoms with Gasteiger partial charge in [-0.3, -0.25) is 0 Å². The monoisotopic (exact) mass is 398 g/mol. The van der Waals surface area contributed by atoms with Gasteiger partial charge in [0.1, 0.15) is 5.75 Å². The van der Waals surface area contributed by atoms with Crippen LogP contribution in [-0.4, -0.2) is 6.36 Å². The number of hydrogen-bond donors (Lipinski definition) is 0. The molecule has 0 aliphatic heterocycles. The van der Waals surface area contributed by atoms with Gasteiger partial charge in [0, 0.05) is 5.33 Å². The van der Waals surface area contributed by atoms with Crippen LogP contribution in [0, 0.1) is 0 Å². The molecule has 2 rings (SSSR count). The second-order valence-corrected chi connectivity index (χ2v) is 5.14. The summed E-state index contributed by atoms with van der Waals surface area (Å²) in [4.78, 5) is 0. The van der Waals surface area contributed by atoms with Gasteiger partial charge >= 0.3 is 12.5 Å². The summed E-state index contributed by atoms with van der Waals surface area (Å²) in [5.41, 5.74) is -0.453. The maximum Gasteiger partial charge on any atom is 0.573 e. The molecule has 0 aromatic heterocycles. The van der Waals surface area contributed by atoms with Crippen LogP contribution in [0.15, 0.2) is 42.5 Å². The van der Waals surface area contributed by atoms with Gasteiger partial charge in [-0.15, -0.1) is 13.2 Å². The summed E-state index contributed by atoms with van der Waals surface area (Å²) in [6.07, 6.45) is -9.42. The SMILES string of the molecule is FC(F)(F)Oc1cccc(-c2ccc(CBr)c(C(F)(F)F)c2)c1. The number of benzene rings is 2. The molecule has 0 unspecified atom stereocenters. The molecule has 0 saturated carbocycles. The largest absolute Gasteiger partial charge is 0.573 e. The number of alkyl halides is 7. The van der Waals surface area contributed by atoms with Crippen molar-refractivity contribution in [1.82, 2.24) is 0 Å². The molecule has 0 aliphatic carbocycles. The standard InChI is InChI=1S/C15H9BrF6O/c16-8-11-5-4-10(7-13(11)14(17,18)19)9-2-1-3-12(6-9)23-15(20,21)22/h1-7H,8H2. The highest BCUT2D eigenvalue weighted by Crippen LogP contribution is 2.36. The molecular formula is C15H9BrF6O. The highest BCUT2D eigenvalue weighted by atomic mass is 79.9. The van der Waals surface area contributed by atoms with Crippen molar-refractivity contribution in [2.45, 2.75) is 17.9 Å². The second-order valence-electron chi connectivity index (χ2n) is 4.58. The molecule has 0 N–H and O–H groups in total. The van der Waals surface area contributed by atoms with Crippen LogP contribution >= 0.6 is 15.9 Å². The Balaban J connectivity index is 2.45. The molecule has 23 heavy (non-hydrogen) atoms. The fourth-order valence-corrected chi connectivity index (χ4v) is 2.50. The van der Waals surface area contributed by atoms with Crippen LogP contribution in [0.5, 0.6) is 5.75 Å². The van der Waals surface area contributed by atoms with E-state index in [1.807, 2.05) is 0 Å². The summed E-state index contributed by atoms with van der Waals surface area (Å²) in [6.45, 7) is 0. The van der Waals surface area contributed by atoms with Gasteiger partial charge in [0.25, 0.3) is 0 Å². The quantitative estimate of drug-likeness (QED) is 0.444. The van der Waals surface area contributed by atoms with E-state index in [2.05, 4.69) is 20.7 Å². The van der Waals surface area contributed by atoms with Crippen molar-refractivity contribution in [1.29, 1.82) is 0 Å². The fraction of sp³-hybridized carbons (Fsp3) is 0.200. The molecule has 1 nitrogen and oxygen atoms in total. The third kappa shape index (κ3) is 4.63. The molecular weight excluding hydrogens is 390 g/mol. The van der Waals surface area contributed by atoms with Crippen molar-refractivity contribution in [3.05, 3.63) is 53.6 Å². The second kappa shape index (κ2) is 6.43. The summed E-state index contributed by atoms with van der Waals surface area (Å²) in [5.74, 6) is -0.492. The molecule has 0 bridgehead atoms. The number of halogens is 7. The summed E-state index contributed by atoms with van der Waals surface area (Å²) < 4.78 is 79.5. The van der Waals surface area contributed by atoms with Gasteiger partial charge in [-0.2, -0.15) is 13.2 Å². The lowest BCUT2D eigenvalue weighted by molar-refractivity contribution is -0.274. The first-order valence-corrected chi connectivity index (χ1v) is 7.34. The lowest BCUT2D eigenvalue weighted by Crippen LogP contribution is -2.17. The minimum atomic E-state index is -4.87. The Labute approximate surface area is 136 Å². The van der Waals surface area contributed by atoms with E-state index in [0.717, 1.165) is 18.2 Å². The van der Waals surface area contributed by atoms with Crippen molar-refractivity contribution in [2.24, 2.45) is 0 Å². The Bertz CT molecular complexity index is 693. The zero-order valence-electron chi connectivity index (χ0n) is 11.3.